The predicted octanol–water partition coefficient (Wildman–Crippen LogP) is 1.63. The Morgan fingerprint density at radius 2 is 2.12 bits per heavy atom. The minimum atomic E-state index is 0.500. The van der Waals surface area contributed by atoms with Gasteiger partial charge in [0.25, 0.3) is 0 Å². The zero-order chi connectivity index (χ0) is 11.8. The van der Waals surface area contributed by atoms with Crippen LogP contribution in [0.1, 0.15) is 19.2 Å². The molecule has 0 aliphatic carbocycles. The molecule has 0 aliphatic heterocycles. The van der Waals surface area contributed by atoms with E-state index in [1.807, 2.05) is 6.92 Å². The number of anilines is 1. The topological polar surface area (TPSA) is 56.3 Å². The van der Waals surface area contributed by atoms with E-state index < -0.39 is 0 Å². The molecule has 0 radical (unpaired) electrons. The van der Waals surface area contributed by atoms with E-state index in [2.05, 4.69) is 22.2 Å². The molecule has 0 spiro atoms. The molecule has 1 rings (SSSR count). The van der Waals surface area contributed by atoms with Gasteiger partial charge in [0.1, 0.15) is 18.2 Å². The molecule has 0 saturated heterocycles. The Labute approximate surface area is 96.2 Å². The number of rotatable bonds is 7. The summed E-state index contributed by atoms with van der Waals surface area (Å²) in [4.78, 5) is 8.45. The molecule has 0 fully saturated rings. The molecule has 0 saturated carbocycles. The van der Waals surface area contributed by atoms with Crippen molar-refractivity contribution >= 4 is 5.82 Å². The van der Waals surface area contributed by atoms with E-state index in [1.54, 1.807) is 13.2 Å². The lowest BCUT2D eigenvalue weighted by Gasteiger charge is -2.08. The standard InChI is InChI=1S/C11H19N3O2/c1-4-5-12-10-8-11(14-9(2)13-10)16-7-6-15-3/h8H,4-7H2,1-3H3,(H,12,13,14). The summed E-state index contributed by atoms with van der Waals surface area (Å²) in [6, 6.07) is 1.80. The summed E-state index contributed by atoms with van der Waals surface area (Å²) < 4.78 is 10.3. The number of hydrogen-bond acceptors (Lipinski definition) is 5. The maximum Gasteiger partial charge on any atom is 0.218 e. The van der Waals surface area contributed by atoms with E-state index in [0.717, 1.165) is 18.8 Å². The van der Waals surface area contributed by atoms with Crippen molar-refractivity contribution in [3.63, 3.8) is 0 Å². The van der Waals surface area contributed by atoms with Crippen molar-refractivity contribution < 1.29 is 9.47 Å². The van der Waals surface area contributed by atoms with Gasteiger partial charge in [-0.3, -0.25) is 0 Å². The average Bonchev–Trinajstić information content (AvgIpc) is 2.26. The molecular weight excluding hydrogens is 206 g/mol. The maximum atomic E-state index is 5.43. The van der Waals surface area contributed by atoms with Crippen molar-refractivity contribution in [2.24, 2.45) is 0 Å². The summed E-state index contributed by atoms with van der Waals surface area (Å²) in [7, 11) is 1.64. The van der Waals surface area contributed by atoms with Gasteiger partial charge >= 0.3 is 0 Å². The van der Waals surface area contributed by atoms with Crippen LogP contribution in [-0.2, 0) is 4.74 Å². The monoisotopic (exact) mass is 225 g/mol. The zero-order valence-corrected chi connectivity index (χ0v) is 10.1. The summed E-state index contributed by atoms with van der Waals surface area (Å²) in [6.45, 7) is 5.91. The third kappa shape index (κ3) is 4.44. The van der Waals surface area contributed by atoms with Crippen LogP contribution in [0.2, 0.25) is 0 Å². The van der Waals surface area contributed by atoms with Crippen molar-refractivity contribution in [2.45, 2.75) is 20.3 Å². The van der Waals surface area contributed by atoms with E-state index in [-0.39, 0.29) is 0 Å². The van der Waals surface area contributed by atoms with Crippen LogP contribution in [0.3, 0.4) is 0 Å². The number of nitrogens with zero attached hydrogens (tertiary/aromatic N) is 2. The van der Waals surface area contributed by atoms with E-state index in [9.17, 15) is 0 Å². The largest absolute Gasteiger partial charge is 0.475 e. The highest BCUT2D eigenvalue weighted by molar-refractivity contribution is 5.38. The van der Waals surface area contributed by atoms with Crippen molar-refractivity contribution in [3.05, 3.63) is 11.9 Å². The van der Waals surface area contributed by atoms with Crippen LogP contribution in [0.5, 0.6) is 5.88 Å². The van der Waals surface area contributed by atoms with Gasteiger partial charge in [0.2, 0.25) is 5.88 Å². The highest BCUT2D eigenvalue weighted by atomic mass is 16.5. The molecule has 1 heterocycles. The maximum absolute atomic E-state index is 5.43. The van der Waals surface area contributed by atoms with Gasteiger partial charge in [-0.1, -0.05) is 6.92 Å². The number of aromatic nitrogens is 2. The van der Waals surface area contributed by atoms with Gasteiger partial charge in [-0.15, -0.1) is 0 Å². The molecule has 16 heavy (non-hydrogen) atoms. The molecule has 5 nitrogen and oxygen atoms in total. The minimum absolute atomic E-state index is 0.500. The van der Waals surface area contributed by atoms with Gasteiger partial charge in [-0.2, -0.15) is 4.98 Å². The number of methoxy groups -OCH3 is 1. The Morgan fingerprint density at radius 1 is 1.31 bits per heavy atom. The van der Waals surface area contributed by atoms with Crippen molar-refractivity contribution in [3.8, 4) is 5.88 Å². The van der Waals surface area contributed by atoms with Crippen molar-refractivity contribution in [1.29, 1.82) is 0 Å². The van der Waals surface area contributed by atoms with Crippen LogP contribution in [0.4, 0.5) is 5.82 Å². The summed E-state index contributed by atoms with van der Waals surface area (Å²) >= 11 is 0. The molecule has 90 valence electrons. The molecule has 0 bridgehead atoms. The van der Waals surface area contributed by atoms with Crippen LogP contribution in [0.25, 0.3) is 0 Å². The summed E-state index contributed by atoms with van der Waals surface area (Å²) in [5.74, 6) is 2.10. The zero-order valence-electron chi connectivity index (χ0n) is 10.1. The van der Waals surface area contributed by atoms with Crippen LogP contribution < -0.4 is 10.1 Å². The quantitative estimate of drug-likeness (QED) is 0.715. The Balaban J connectivity index is 2.58. The van der Waals surface area contributed by atoms with Gasteiger partial charge in [0.05, 0.1) is 6.61 Å². The Morgan fingerprint density at radius 3 is 2.81 bits per heavy atom. The lowest BCUT2D eigenvalue weighted by Crippen LogP contribution is -2.08. The highest BCUT2D eigenvalue weighted by Gasteiger charge is 2.02. The molecule has 1 aromatic heterocycles. The molecule has 0 aliphatic rings. The predicted molar refractivity (Wildman–Crippen MR) is 62.9 cm³/mol. The second-order valence-corrected chi connectivity index (χ2v) is 3.41. The lowest BCUT2D eigenvalue weighted by molar-refractivity contribution is 0.143. The van der Waals surface area contributed by atoms with Gasteiger partial charge < -0.3 is 14.8 Å². The van der Waals surface area contributed by atoms with Gasteiger partial charge in [0, 0.05) is 19.7 Å². The first-order valence-corrected chi connectivity index (χ1v) is 5.47. The Kier molecular flexibility index (Phi) is 5.56. The fourth-order valence-electron chi connectivity index (χ4n) is 1.19. The van der Waals surface area contributed by atoms with Crippen LogP contribution >= 0.6 is 0 Å². The third-order valence-electron chi connectivity index (χ3n) is 1.91. The molecule has 1 N–H and O–H groups in total. The van der Waals surface area contributed by atoms with E-state index >= 15 is 0 Å². The van der Waals surface area contributed by atoms with E-state index in [0.29, 0.717) is 24.9 Å². The summed E-state index contributed by atoms with van der Waals surface area (Å²) in [6.07, 6.45) is 1.06. The number of nitrogens with one attached hydrogen (secondary N) is 1. The van der Waals surface area contributed by atoms with Gasteiger partial charge in [-0.05, 0) is 13.3 Å². The Bertz CT molecular complexity index is 318. The molecule has 5 heteroatoms. The van der Waals surface area contributed by atoms with E-state index in [4.69, 9.17) is 9.47 Å². The van der Waals surface area contributed by atoms with Crippen LogP contribution in [0.15, 0.2) is 6.07 Å². The molecule has 0 amide bonds. The van der Waals surface area contributed by atoms with E-state index in [1.165, 1.54) is 0 Å². The second kappa shape index (κ2) is 7.00. The molecule has 0 atom stereocenters. The van der Waals surface area contributed by atoms with Crippen molar-refractivity contribution in [2.75, 3.05) is 32.2 Å². The SMILES string of the molecule is CCCNc1cc(OCCOC)nc(C)n1. The van der Waals surface area contributed by atoms with Crippen LogP contribution in [0, 0.1) is 6.92 Å². The summed E-state index contributed by atoms with van der Waals surface area (Å²) in [5.41, 5.74) is 0. The van der Waals surface area contributed by atoms with Gasteiger partial charge in [0.15, 0.2) is 0 Å². The van der Waals surface area contributed by atoms with Crippen LogP contribution in [-0.4, -0.2) is 36.8 Å². The average molecular weight is 225 g/mol. The molecule has 0 aromatic carbocycles. The fourth-order valence-corrected chi connectivity index (χ4v) is 1.19. The molecule has 0 unspecified atom stereocenters. The first-order chi connectivity index (χ1) is 7.76. The van der Waals surface area contributed by atoms with Crippen molar-refractivity contribution in [1.82, 2.24) is 9.97 Å². The molecular formula is C11H19N3O2. The summed E-state index contributed by atoms with van der Waals surface area (Å²) in [5, 5.41) is 3.20. The second-order valence-electron chi connectivity index (χ2n) is 3.41. The highest BCUT2D eigenvalue weighted by Crippen LogP contribution is 2.13. The minimum Gasteiger partial charge on any atom is -0.475 e. The first-order valence-electron chi connectivity index (χ1n) is 5.47. The number of ether oxygens (including phenoxy) is 2. The molecule has 1 aromatic rings. The number of aryl methyl sites for hydroxylation is 1. The first kappa shape index (κ1) is 12.7. The fraction of sp³-hybridized carbons (Fsp3) is 0.636. The lowest BCUT2D eigenvalue weighted by atomic mass is 10.4. The normalized spacial score (nSPS) is 10.2. The number of hydrogen-bond donors (Lipinski definition) is 1. The van der Waals surface area contributed by atoms with Gasteiger partial charge in [-0.25, -0.2) is 4.98 Å². The Hall–Kier alpha value is -1.36. The third-order valence-corrected chi connectivity index (χ3v) is 1.91. The smallest absolute Gasteiger partial charge is 0.218 e.